The number of hydrogen-bond acceptors (Lipinski definition) is 6. The summed E-state index contributed by atoms with van der Waals surface area (Å²) in [7, 11) is -3.73. The average Bonchev–Trinajstić information content (AvgIpc) is 2.43. The second-order valence-electron chi connectivity index (χ2n) is 7.41. The van der Waals surface area contributed by atoms with E-state index in [1.807, 2.05) is 6.92 Å². The van der Waals surface area contributed by atoms with Gasteiger partial charge in [0.25, 0.3) is 10.1 Å². The number of aryl methyl sites for hydroxylation is 1. The minimum atomic E-state index is -3.73. The molecule has 6 nitrogen and oxygen atoms in total. The first-order chi connectivity index (χ1) is 11.5. The van der Waals surface area contributed by atoms with Gasteiger partial charge in [-0.25, -0.2) is 4.79 Å². The molecule has 1 aliphatic rings. The third-order valence-corrected chi connectivity index (χ3v) is 5.11. The van der Waals surface area contributed by atoms with Gasteiger partial charge in [-0.3, -0.25) is 4.18 Å². The van der Waals surface area contributed by atoms with Crippen LogP contribution in [-0.4, -0.2) is 39.3 Å². The van der Waals surface area contributed by atoms with Gasteiger partial charge in [0, 0.05) is 0 Å². The van der Waals surface area contributed by atoms with Gasteiger partial charge in [0.05, 0.1) is 17.6 Å². The molecule has 0 unspecified atom stereocenters. The lowest BCUT2D eigenvalue weighted by atomic mass is 9.83. The molecule has 140 valence electrons. The molecule has 0 atom stereocenters. The van der Waals surface area contributed by atoms with Crippen LogP contribution in [0.5, 0.6) is 0 Å². The average molecular weight is 370 g/mol. The van der Waals surface area contributed by atoms with E-state index in [1.54, 1.807) is 32.9 Å². The van der Waals surface area contributed by atoms with E-state index in [9.17, 15) is 13.2 Å². The van der Waals surface area contributed by atoms with Crippen molar-refractivity contribution < 1.29 is 26.9 Å². The summed E-state index contributed by atoms with van der Waals surface area (Å²) in [5.74, 6) is -0.280. The van der Waals surface area contributed by atoms with Crippen molar-refractivity contribution in [1.82, 2.24) is 0 Å². The summed E-state index contributed by atoms with van der Waals surface area (Å²) in [6.45, 7) is 7.34. The van der Waals surface area contributed by atoms with E-state index in [0.717, 1.165) is 5.56 Å². The minimum absolute atomic E-state index is 0.0526. The molecule has 0 spiro atoms. The zero-order valence-electron chi connectivity index (χ0n) is 15.2. The lowest BCUT2D eigenvalue weighted by molar-refractivity contribution is -0.165. The molecule has 7 heteroatoms. The van der Waals surface area contributed by atoms with Gasteiger partial charge in [-0.2, -0.15) is 8.42 Å². The van der Waals surface area contributed by atoms with Crippen molar-refractivity contribution in [3.8, 4) is 0 Å². The zero-order chi connectivity index (χ0) is 18.7. The van der Waals surface area contributed by atoms with Crippen LogP contribution in [0.3, 0.4) is 0 Å². The maximum Gasteiger partial charge on any atom is 0.332 e. The Morgan fingerprint density at radius 3 is 2.32 bits per heavy atom. The number of carbonyl (C=O) groups is 1. The molecule has 0 aromatic heterocycles. The van der Waals surface area contributed by atoms with Crippen LogP contribution in [-0.2, 0) is 28.6 Å². The van der Waals surface area contributed by atoms with Crippen LogP contribution in [0.15, 0.2) is 29.2 Å². The van der Waals surface area contributed by atoms with Gasteiger partial charge in [-0.1, -0.05) is 17.7 Å². The smallest absolute Gasteiger partial charge is 0.332 e. The second kappa shape index (κ2) is 7.85. The highest BCUT2D eigenvalue weighted by atomic mass is 32.2. The minimum Gasteiger partial charge on any atom is -0.458 e. The Morgan fingerprint density at radius 1 is 1.16 bits per heavy atom. The maximum absolute atomic E-state index is 12.1. The zero-order valence-corrected chi connectivity index (χ0v) is 16.0. The first kappa shape index (κ1) is 19.9. The van der Waals surface area contributed by atoms with E-state index in [0.29, 0.717) is 12.8 Å². The summed E-state index contributed by atoms with van der Waals surface area (Å²) in [6.07, 6.45) is 1.29. The Hall–Kier alpha value is -1.44. The first-order valence-corrected chi connectivity index (χ1v) is 9.75. The summed E-state index contributed by atoms with van der Waals surface area (Å²) in [5, 5.41) is 0. The van der Waals surface area contributed by atoms with Crippen LogP contribution >= 0.6 is 0 Å². The van der Waals surface area contributed by atoms with Crippen LogP contribution < -0.4 is 0 Å². The van der Waals surface area contributed by atoms with Gasteiger partial charge in [0.2, 0.25) is 0 Å². The molecule has 1 saturated carbocycles. The third kappa shape index (κ3) is 6.41. The molecule has 1 fully saturated rings. The number of hydrogen-bond donors (Lipinski definition) is 0. The first-order valence-electron chi connectivity index (χ1n) is 8.35. The second-order valence-corrected chi connectivity index (χ2v) is 9.02. The molecule has 0 aliphatic heterocycles. The van der Waals surface area contributed by atoms with Gasteiger partial charge < -0.3 is 9.47 Å². The van der Waals surface area contributed by atoms with Crippen molar-refractivity contribution >= 4 is 16.1 Å². The fourth-order valence-electron chi connectivity index (χ4n) is 2.46. The van der Waals surface area contributed by atoms with Crippen molar-refractivity contribution in [1.29, 1.82) is 0 Å². The van der Waals surface area contributed by atoms with Crippen molar-refractivity contribution in [3.63, 3.8) is 0 Å². The Morgan fingerprint density at radius 2 is 1.76 bits per heavy atom. The van der Waals surface area contributed by atoms with Gasteiger partial charge in [-0.15, -0.1) is 0 Å². The SMILES string of the molecule is Cc1ccc(S(=O)(=O)OCC2CC(OCC(=O)OC(C)(C)C)C2)cc1. The number of rotatable bonds is 7. The predicted octanol–water partition coefficient (Wildman–Crippen LogP) is 2.84. The molecule has 2 rings (SSSR count). The van der Waals surface area contributed by atoms with E-state index in [-0.39, 0.29) is 30.1 Å². The van der Waals surface area contributed by atoms with Crippen LogP contribution in [0, 0.1) is 12.8 Å². The lowest BCUT2D eigenvalue weighted by Crippen LogP contribution is -2.37. The molecule has 0 N–H and O–H groups in total. The van der Waals surface area contributed by atoms with Gasteiger partial charge in [0.15, 0.2) is 0 Å². The van der Waals surface area contributed by atoms with E-state index in [2.05, 4.69) is 0 Å². The number of esters is 1. The molecular weight excluding hydrogens is 344 g/mol. The van der Waals surface area contributed by atoms with Gasteiger partial charge in [0.1, 0.15) is 12.2 Å². The van der Waals surface area contributed by atoms with Crippen LogP contribution in [0.25, 0.3) is 0 Å². The molecule has 0 radical (unpaired) electrons. The fraction of sp³-hybridized carbons (Fsp3) is 0.611. The maximum atomic E-state index is 12.1. The molecule has 0 amide bonds. The highest BCUT2D eigenvalue weighted by Gasteiger charge is 2.32. The Balaban J connectivity index is 1.68. The van der Waals surface area contributed by atoms with E-state index in [4.69, 9.17) is 13.7 Å². The van der Waals surface area contributed by atoms with Crippen molar-refractivity contribution in [3.05, 3.63) is 29.8 Å². The number of carbonyl (C=O) groups excluding carboxylic acids is 1. The number of benzene rings is 1. The standard InChI is InChI=1S/C18H26O6S/c1-13-5-7-16(8-6-13)25(20,21)23-11-14-9-15(10-14)22-12-17(19)24-18(2,3)4/h5-8,14-15H,9-12H2,1-4H3. The monoisotopic (exact) mass is 370 g/mol. The van der Waals surface area contributed by atoms with Crippen molar-refractivity contribution in [2.24, 2.45) is 5.92 Å². The molecule has 1 aromatic carbocycles. The van der Waals surface area contributed by atoms with Gasteiger partial charge >= 0.3 is 5.97 Å². The highest BCUT2D eigenvalue weighted by molar-refractivity contribution is 7.86. The lowest BCUT2D eigenvalue weighted by Gasteiger charge is -2.34. The topological polar surface area (TPSA) is 78.9 Å². The molecule has 0 bridgehead atoms. The third-order valence-electron chi connectivity index (χ3n) is 3.82. The summed E-state index contributed by atoms with van der Waals surface area (Å²) in [6, 6.07) is 6.55. The molecule has 25 heavy (non-hydrogen) atoms. The van der Waals surface area contributed by atoms with E-state index >= 15 is 0 Å². The summed E-state index contributed by atoms with van der Waals surface area (Å²) >= 11 is 0. The molecular formula is C18H26O6S. The molecule has 1 aromatic rings. The van der Waals surface area contributed by atoms with E-state index < -0.39 is 21.7 Å². The van der Waals surface area contributed by atoms with Crippen LogP contribution in [0.4, 0.5) is 0 Å². The quantitative estimate of drug-likeness (QED) is 0.542. The largest absolute Gasteiger partial charge is 0.458 e. The molecule has 1 aliphatic carbocycles. The van der Waals surface area contributed by atoms with Crippen molar-refractivity contribution in [2.45, 2.75) is 57.1 Å². The normalized spacial score (nSPS) is 20.8. The summed E-state index contributed by atoms with van der Waals surface area (Å²) in [4.78, 5) is 11.7. The van der Waals surface area contributed by atoms with Crippen LogP contribution in [0.1, 0.15) is 39.2 Å². The molecule has 0 heterocycles. The highest BCUT2D eigenvalue weighted by Crippen LogP contribution is 2.31. The van der Waals surface area contributed by atoms with Crippen molar-refractivity contribution in [2.75, 3.05) is 13.2 Å². The van der Waals surface area contributed by atoms with Crippen LogP contribution in [0.2, 0.25) is 0 Å². The predicted molar refractivity (Wildman–Crippen MR) is 92.6 cm³/mol. The Labute approximate surface area is 149 Å². The fourth-order valence-corrected chi connectivity index (χ4v) is 3.44. The Bertz CT molecular complexity index is 681. The number of ether oxygens (including phenoxy) is 2. The summed E-state index contributed by atoms with van der Waals surface area (Å²) in [5.41, 5.74) is 0.462. The Kier molecular flexibility index (Phi) is 6.24. The van der Waals surface area contributed by atoms with E-state index in [1.165, 1.54) is 12.1 Å². The van der Waals surface area contributed by atoms with Gasteiger partial charge in [-0.05, 0) is 58.6 Å². The molecule has 0 saturated heterocycles. The summed E-state index contributed by atoms with van der Waals surface area (Å²) < 4.78 is 40.0.